The first-order chi connectivity index (χ1) is 15.4. The molecule has 0 aliphatic rings. The van der Waals surface area contributed by atoms with Gasteiger partial charge in [-0.3, -0.25) is 9.59 Å². The van der Waals surface area contributed by atoms with Crippen LogP contribution in [-0.4, -0.2) is 39.4 Å². The van der Waals surface area contributed by atoms with Crippen LogP contribution in [-0.2, 0) is 22.6 Å². The number of para-hydroxylation sites is 2. The van der Waals surface area contributed by atoms with E-state index in [2.05, 4.69) is 18.5 Å². The maximum absolute atomic E-state index is 13.0. The van der Waals surface area contributed by atoms with E-state index < -0.39 is 0 Å². The quantitative estimate of drug-likeness (QED) is 0.495. The molecule has 0 fully saturated rings. The zero-order chi connectivity index (χ0) is 23.1. The number of carbonyl (C=O) groups is 2. The van der Waals surface area contributed by atoms with E-state index in [1.807, 2.05) is 66.9 Å². The van der Waals surface area contributed by atoms with Crippen molar-refractivity contribution in [1.82, 2.24) is 19.8 Å². The standard InChI is InChI=1S/C26H30N4O2/c1-5-15-29(16-6-2)25(32)18-30-23-14-10-9-13-22(23)28-26(30)20(4)27-24(31)17-21-12-8-7-11-19(21)3/h5-14,20H,1-2,15-18H2,3-4H3,(H,27,31). The molecule has 2 amide bonds. The van der Waals surface area contributed by atoms with E-state index in [0.717, 1.165) is 22.2 Å². The van der Waals surface area contributed by atoms with Crippen molar-refractivity contribution in [3.05, 3.63) is 90.8 Å². The highest BCUT2D eigenvalue weighted by Crippen LogP contribution is 2.21. The summed E-state index contributed by atoms with van der Waals surface area (Å²) in [6, 6.07) is 15.2. The molecule has 0 radical (unpaired) electrons. The van der Waals surface area contributed by atoms with Gasteiger partial charge in [-0.05, 0) is 37.1 Å². The van der Waals surface area contributed by atoms with Gasteiger partial charge in [0.05, 0.1) is 23.5 Å². The lowest BCUT2D eigenvalue weighted by Crippen LogP contribution is -2.35. The third-order valence-corrected chi connectivity index (χ3v) is 5.41. The van der Waals surface area contributed by atoms with Crippen molar-refractivity contribution < 1.29 is 9.59 Å². The summed E-state index contributed by atoms with van der Waals surface area (Å²) in [5.74, 6) is 0.499. The van der Waals surface area contributed by atoms with E-state index in [0.29, 0.717) is 25.3 Å². The van der Waals surface area contributed by atoms with Crippen LogP contribution in [0.1, 0.15) is 29.9 Å². The zero-order valence-electron chi connectivity index (χ0n) is 18.8. The highest BCUT2D eigenvalue weighted by atomic mass is 16.2. The molecule has 3 rings (SSSR count). The van der Waals surface area contributed by atoms with Crippen LogP contribution in [0.2, 0.25) is 0 Å². The molecular formula is C26H30N4O2. The second kappa shape index (κ2) is 10.6. The monoisotopic (exact) mass is 430 g/mol. The number of hydrogen-bond acceptors (Lipinski definition) is 3. The number of fused-ring (bicyclic) bond motifs is 1. The lowest BCUT2D eigenvalue weighted by molar-refractivity contribution is -0.130. The molecule has 0 aliphatic heterocycles. The minimum atomic E-state index is -0.362. The summed E-state index contributed by atoms with van der Waals surface area (Å²) in [4.78, 5) is 32.1. The van der Waals surface area contributed by atoms with Gasteiger partial charge in [0, 0.05) is 13.1 Å². The minimum absolute atomic E-state index is 0.0624. The predicted octanol–water partition coefficient (Wildman–Crippen LogP) is 3.97. The second-order valence-electron chi connectivity index (χ2n) is 7.81. The Labute approximate surface area is 189 Å². The molecular weight excluding hydrogens is 400 g/mol. The molecule has 1 aromatic heterocycles. The summed E-state index contributed by atoms with van der Waals surface area (Å²) in [5.41, 5.74) is 3.71. The number of hydrogen-bond donors (Lipinski definition) is 1. The summed E-state index contributed by atoms with van der Waals surface area (Å²) >= 11 is 0. The van der Waals surface area contributed by atoms with Crippen molar-refractivity contribution in [2.75, 3.05) is 13.1 Å². The Balaban J connectivity index is 1.84. The molecule has 1 N–H and O–H groups in total. The Morgan fingerprint density at radius 3 is 2.44 bits per heavy atom. The van der Waals surface area contributed by atoms with Crippen LogP contribution >= 0.6 is 0 Å². The summed E-state index contributed by atoms with van der Waals surface area (Å²) in [5, 5.41) is 3.05. The van der Waals surface area contributed by atoms with Crippen molar-refractivity contribution in [1.29, 1.82) is 0 Å². The van der Waals surface area contributed by atoms with Crippen molar-refractivity contribution in [3.8, 4) is 0 Å². The Kier molecular flexibility index (Phi) is 7.60. The molecule has 0 saturated heterocycles. The first-order valence-electron chi connectivity index (χ1n) is 10.7. The van der Waals surface area contributed by atoms with E-state index in [4.69, 9.17) is 4.98 Å². The molecule has 1 unspecified atom stereocenters. The highest BCUT2D eigenvalue weighted by Gasteiger charge is 2.22. The maximum atomic E-state index is 13.0. The van der Waals surface area contributed by atoms with Gasteiger partial charge >= 0.3 is 0 Å². The summed E-state index contributed by atoms with van der Waals surface area (Å²) in [6.45, 7) is 12.4. The van der Waals surface area contributed by atoms with Crippen LogP contribution in [0.3, 0.4) is 0 Å². The molecule has 0 saturated carbocycles. The molecule has 1 heterocycles. The number of benzene rings is 2. The average molecular weight is 431 g/mol. The van der Waals surface area contributed by atoms with Crippen molar-refractivity contribution >= 4 is 22.8 Å². The van der Waals surface area contributed by atoms with Crippen molar-refractivity contribution in [2.45, 2.75) is 32.9 Å². The number of amides is 2. The topological polar surface area (TPSA) is 67.2 Å². The number of nitrogens with one attached hydrogen (secondary N) is 1. The molecule has 6 nitrogen and oxygen atoms in total. The van der Waals surface area contributed by atoms with Gasteiger partial charge in [0.1, 0.15) is 12.4 Å². The van der Waals surface area contributed by atoms with E-state index in [1.165, 1.54) is 0 Å². The van der Waals surface area contributed by atoms with Gasteiger partial charge in [-0.1, -0.05) is 48.6 Å². The average Bonchev–Trinajstić information content (AvgIpc) is 3.14. The lowest BCUT2D eigenvalue weighted by Gasteiger charge is -2.22. The van der Waals surface area contributed by atoms with Crippen LogP contribution in [0.15, 0.2) is 73.8 Å². The predicted molar refractivity (Wildman–Crippen MR) is 128 cm³/mol. The van der Waals surface area contributed by atoms with E-state index in [9.17, 15) is 9.59 Å². The number of imidazole rings is 1. The van der Waals surface area contributed by atoms with E-state index in [-0.39, 0.29) is 24.4 Å². The Morgan fingerprint density at radius 1 is 1.09 bits per heavy atom. The molecule has 166 valence electrons. The van der Waals surface area contributed by atoms with Crippen LogP contribution in [0.4, 0.5) is 0 Å². The van der Waals surface area contributed by atoms with Gasteiger partial charge in [0.25, 0.3) is 0 Å². The van der Waals surface area contributed by atoms with Crippen LogP contribution in [0, 0.1) is 6.92 Å². The normalized spacial score (nSPS) is 11.7. The molecule has 3 aromatic rings. The van der Waals surface area contributed by atoms with Crippen molar-refractivity contribution in [2.24, 2.45) is 0 Å². The number of aromatic nitrogens is 2. The SMILES string of the molecule is C=CCN(CC=C)C(=O)Cn1c(C(C)NC(=O)Cc2ccccc2C)nc2ccccc21. The van der Waals surface area contributed by atoms with Crippen LogP contribution in [0.5, 0.6) is 0 Å². The fraction of sp³-hybridized carbons (Fsp3) is 0.269. The maximum Gasteiger partial charge on any atom is 0.243 e. The van der Waals surface area contributed by atoms with Crippen LogP contribution in [0.25, 0.3) is 11.0 Å². The van der Waals surface area contributed by atoms with E-state index >= 15 is 0 Å². The first kappa shape index (κ1) is 23.0. The third-order valence-electron chi connectivity index (χ3n) is 5.41. The highest BCUT2D eigenvalue weighted by molar-refractivity contribution is 5.82. The number of rotatable bonds is 10. The zero-order valence-corrected chi connectivity index (χ0v) is 18.8. The molecule has 6 heteroatoms. The Bertz CT molecular complexity index is 1120. The second-order valence-corrected chi connectivity index (χ2v) is 7.81. The third kappa shape index (κ3) is 5.32. The van der Waals surface area contributed by atoms with Crippen molar-refractivity contribution in [3.63, 3.8) is 0 Å². The van der Waals surface area contributed by atoms with E-state index in [1.54, 1.807) is 17.1 Å². The molecule has 0 aliphatic carbocycles. The molecule has 0 spiro atoms. The minimum Gasteiger partial charge on any atom is -0.346 e. The number of carbonyl (C=O) groups excluding carboxylic acids is 2. The van der Waals surface area contributed by atoms with Gasteiger partial charge in [0.2, 0.25) is 11.8 Å². The lowest BCUT2D eigenvalue weighted by atomic mass is 10.1. The van der Waals surface area contributed by atoms with Gasteiger partial charge in [0.15, 0.2) is 0 Å². The number of aryl methyl sites for hydroxylation is 1. The molecule has 0 bridgehead atoms. The van der Waals surface area contributed by atoms with Crippen LogP contribution < -0.4 is 5.32 Å². The Hall–Kier alpha value is -3.67. The molecule has 1 atom stereocenters. The van der Waals surface area contributed by atoms with Gasteiger partial charge in [-0.2, -0.15) is 0 Å². The fourth-order valence-electron chi connectivity index (χ4n) is 3.75. The smallest absolute Gasteiger partial charge is 0.243 e. The van der Waals surface area contributed by atoms with Gasteiger partial charge < -0.3 is 14.8 Å². The molecule has 2 aromatic carbocycles. The van der Waals surface area contributed by atoms with Gasteiger partial charge in [-0.25, -0.2) is 4.98 Å². The summed E-state index contributed by atoms with van der Waals surface area (Å²) in [7, 11) is 0. The molecule has 32 heavy (non-hydrogen) atoms. The summed E-state index contributed by atoms with van der Waals surface area (Å²) < 4.78 is 1.88. The first-order valence-corrected chi connectivity index (χ1v) is 10.7. The van der Waals surface area contributed by atoms with Gasteiger partial charge in [-0.15, -0.1) is 13.2 Å². The fourth-order valence-corrected chi connectivity index (χ4v) is 3.75. The summed E-state index contributed by atoms with van der Waals surface area (Å²) in [6.07, 6.45) is 3.69. The number of nitrogens with zero attached hydrogens (tertiary/aromatic N) is 3. The largest absolute Gasteiger partial charge is 0.346 e. The Morgan fingerprint density at radius 2 is 1.75 bits per heavy atom.